The second-order valence-corrected chi connectivity index (χ2v) is 8.30. The van der Waals surface area contributed by atoms with Crippen molar-refractivity contribution in [3.05, 3.63) is 47.7 Å². The van der Waals surface area contributed by atoms with E-state index in [2.05, 4.69) is 20.4 Å². The van der Waals surface area contributed by atoms with Crippen molar-refractivity contribution in [1.82, 2.24) is 9.78 Å². The van der Waals surface area contributed by atoms with Crippen molar-refractivity contribution in [2.45, 2.75) is 57.3 Å². The summed E-state index contributed by atoms with van der Waals surface area (Å²) in [5, 5.41) is 7.70. The summed E-state index contributed by atoms with van der Waals surface area (Å²) >= 11 is 0. The monoisotopic (exact) mass is 403 g/mol. The molecule has 7 nitrogen and oxygen atoms in total. The molecule has 0 saturated heterocycles. The smallest absolute Gasteiger partial charge is 0.257 e. The van der Waals surface area contributed by atoms with Gasteiger partial charge in [-0.2, -0.15) is 14.8 Å². The topological polar surface area (TPSA) is 88.7 Å². The van der Waals surface area contributed by atoms with Gasteiger partial charge in [-0.15, -0.1) is 0 Å². The van der Waals surface area contributed by atoms with Gasteiger partial charge in [0, 0.05) is 17.7 Å². The molecule has 0 bridgehead atoms. The average Bonchev–Trinajstić information content (AvgIpc) is 3.33. The largest absolute Gasteiger partial charge is 0.310 e. The number of amides is 2. The average molecular weight is 403 g/mol. The molecule has 2 aromatic rings. The minimum absolute atomic E-state index is 0.0960. The van der Waals surface area contributed by atoms with Crippen molar-refractivity contribution in [2.75, 3.05) is 5.32 Å². The molecule has 5 rings (SSSR count). The number of rotatable bonds is 5. The fraction of sp³-hybridized carbons (Fsp3) is 0.435. The van der Waals surface area contributed by atoms with Crippen LogP contribution < -0.4 is 5.32 Å². The third kappa shape index (κ3) is 3.49. The minimum atomic E-state index is -0.264. The van der Waals surface area contributed by atoms with Crippen LogP contribution in [0.4, 0.5) is 5.82 Å². The van der Waals surface area contributed by atoms with Crippen LogP contribution in [0.25, 0.3) is 0 Å². The Morgan fingerprint density at radius 1 is 1.20 bits per heavy atom. The van der Waals surface area contributed by atoms with Crippen LogP contribution in [0.2, 0.25) is 0 Å². The number of hydrogen-bond donors (Lipinski definition) is 1. The maximum absolute atomic E-state index is 13.1. The number of carbonyl (C=O) groups is 2. The Kier molecular flexibility index (Phi) is 4.81. The van der Waals surface area contributed by atoms with Crippen LogP contribution in [0.15, 0.2) is 46.4 Å². The SMILES string of the molecule is CCC(C(=O)Nc1cc(C2CC2)nn1C1=NC(=O)C2CCCC2=N1)c1ccccc1. The number of benzene rings is 1. The van der Waals surface area contributed by atoms with E-state index in [1.54, 1.807) is 4.68 Å². The fourth-order valence-electron chi connectivity index (χ4n) is 4.34. The summed E-state index contributed by atoms with van der Waals surface area (Å²) in [5.74, 6) is 0.522. The number of carbonyl (C=O) groups excluding carboxylic acids is 2. The number of anilines is 1. The highest BCUT2D eigenvalue weighted by atomic mass is 16.2. The minimum Gasteiger partial charge on any atom is -0.310 e. The van der Waals surface area contributed by atoms with Crippen molar-refractivity contribution < 1.29 is 9.59 Å². The van der Waals surface area contributed by atoms with E-state index in [-0.39, 0.29) is 29.6 Å². The maximum Gasteiger partial charge on any atom is 0.257 e. The Labute approximate surface area is 175 Å². The van der Waals surface area contributed by atoms with E-state index in [0.29, 0.717) is 18.2 Å². The van der Waals surface area contributed by atoms with Crippen LogP contribution in [0.5, 0.6) is 0 Å². The molecule has 2 aliphatic carbocycles. The van der Waals surface area contributed by atoms with Crippen molar-refractivity contribution in [1.29, 1.82) is 0 Å². The quantitative estimate of drug-likeness (QED) is 0.822. The number of hydrogen-bond acceptors (Lipinski definition) is 4. The summed E-state index contributed by atoms with van der Waals surface area (Å²) in [7, 11) is 0. The van der Waals surface area contributed by atoms with Crippen LogP contribution in [-0.4, -0.2) is 33.3 Å². The molecule has 3 aliphatic rings. The lowest BCUT2D eigenvalue weighted by atomic mass is 9.96. The van der Waals surface area contributed by atoms with Gasteiger partial charge in [-0.05, 0) is 44.1 Å². The van der Waals surface area contributed by atoms with Crippen molar-refractivity contribution >= 4 is 29.3 Å². The summed E-state index contributed by atoms with van der Waals surface area (Å²) in [4.78, 5) is 34.5. The summed E-state index contributed by atoms with van der Waals surface area (Å²) in [6.07, 6.45) is 5.47. The lowest BCUT2D eigenvalue weighted by Crippen LogP contribution is -2.29. The van der Waals surface area contributed by atoms with Crippen molar-refractivity contribution in [3.63, 3.8) is 0 Å². The Balaban J connectivity index is 1.47. The molecular weight excluding hydrogens is 378 g/mol. The van der Waals surface area contributed by atoms with Gasteiger partial charge in [-0.25, -0.2) is 4.99 Å². The van der Waals surface area contributed by atoms with Gasteiger partial charge in [0.2, 0.25) is 5.91 Å². The molecule has 1 aliphatic heterocycles. The van der Waals surface area contributed by atoms with Gasteiger partial charge in [0.15, 0.2) is 0 Å². The van der Waals surface area contributed by atoms with Gasteiger partial charge in [-0.1, -0.05) is 37.3 Å². The third-order valence-corrected chi connectivity index (χ3v) is 6.17. The predicted molar refractivity (Wildman–Crippen MR) is 115 cm³/mol. The van der Waals surface area contributed by atoms with E-state index in [4.69, 9.17) is 0 Å². The first-order valence-corrected chi connectivity index (χ1v) is 10.8. The lowest BCUT2D eigenvalue weighted by Gasteiger charge is -2.17. The second kappa shape index (κ2) is 7.63. The summed E-state index contributed by atoms with van der Waals surface area (Å²) in [6, 6.07) is 11.7. The summed E-state index contributed by atoms with van der Waals surface area (Å²) in [5.41, 5.74) is 2.79. The Morgan fingerprint density at radius 3 is 2.73 bits per heavy atom. The molecule has 1 aromatic heterocycles. The zero-order chi connectivity index (χ0) is 20.7. The van der Waals surface area contributed by atoms with E-state index in [0.717, 1.165) is 49.1 Å². The predicted octanol–water partition coefficient (Wildman–Crippen LogP) is 3.88. The van der Waals surface area contributed by atoms with Crippen LogP contribution >= 0.6 is 0 Å². The first kappa shape index (κ1) is 18.9. The van der Waals surface area contributed by atoms with Gasteiger partial charge in [0.05, 0.1) is 17.5 Å². The Bertz CT molecular complexity index is 1050. The molecule has 7 heteroatoms. The number of aromatic nitrogens is 2. The highest BCUT2D eigenvalue weighted by Crippen LogP contribution is 2.40. The highest BCUT2D eigenvalue weighted by molar-refractivity contribution is 6.17. The molecule has 2 atom stereocenters. The van der Waals surface area contributed by atoms with Crippen molar-refractivity contribution in [2.24, 2.45) is 15.9 Å². The maximum atomic E-state index is 13.1. The number of nitrogens with zero attached hydrogens (tertiary/aromatic N) is 4. The van der Waals surface area contributed by atoms with Crippen LogP contribution in [-0.2, 0) is 9.59 Å². The van der Waals surface area contributed by atoms with Crippen LogP contribution in [0, 0.1) is 5.92 Å². The van der Waals surface area contributed by atoms with E-state index in [9.17, 15) is 9.59 Å². The third-order valence-electron chi connectivity index (χ3n) is 6.17. The molecule has 30 heavy (non-hydrogen) atoms. The molecule has 154 valence electrons. The molecule has 2 unspecified atom stereocenters. The number of fused-ring (bicyclic) bond motifs is 1. The first-order chi connectivity index (χ1) is 14.6. The van der Waals surface area contributed by atoms with E-state index in [1.165, 1.54) is 0 Å². The molecule has 1 aromatic carbocycles. The Morgan fingerprint density at radius 2 is 2.00 bits per heavy atom. The van der Waals surface area contributed by atoms with Gasteiger partial charge in [0.1, 0.15) is 5.82 Å². The summed E-state index contributed by atoms with van der Waals surface area (Å²) < 4.78 is 1.54. The molecule has 0 radical (unpaired) electrons. The standard InChI is InChI=1S/C23H25N5O2/c1-2-16(14-7-4-3-5-8-14)21(29)25-20-13-19(15-11-12-15)27-28(20)23-24-18-10-6-9-17(18)22(30)26-23/h3-5,7-8,13,15-17H,2,6,9-12H2,1H3,(H,25,29). The molecule has 0 spiro atoms. The molecule has 2 saturated carbocycles. The molecular formula is C23H25N5O2. The van der Waals surface area contributed by atoms with Crippen molar-refractivity contribution in [3.8, 4) is 0 Å². The fourth-order valence-corrected chi connectivity index (χ4v) is 4.34. The highest BCUT2D eigenvalue weighted by Gasteiger charge is 2.35. The number of aliphatic imine (C=N–C) groups is 2. The lowest BCUT2D eigenvalue weighted by molar-refractivity contribution is -0.119. The molecule has 2 fully saturated rings. The van der Waals surface area contributed by atoms with Gasteiger partial charge >= 0.3 is 0 Å². The van der Waals surface area contributed by atoms with Gasteiger partial charge < -0.3 is 5.32 Å². The van der Waals surface area contributed by atoms with Crippen LogP contribution in [0.3, 0.4) is 0 Å². The molecule has 2 heterocycles. The molecule has 2 amide bonds. The van der Waals surface area contributed by atoms with Gasteiger partial charge in [0.25, 0.3) is 11.9 Å². The Hall–Kier alpha value is -3.09. The normalized spacial score (nSPS) is 21.6. The first-order valence-electron chi connectivity index (χ1n) is 10.8. The molecule has 1 N–H and O–H groups in total. The summed E-state index contributed by atoms with van der Waals surface area (Å²) in [6.45, 7) is 2.00. The van der Waals surface area contributed by atoms with Crippen LogP contribution in [0.1, 0.15) is 68.5 Å². The zero-order valence-electron chi connectivity index (χ0n) is 17.0. The number of nitrogens with one attached hydrogen (secondary N) is 1. The van der Waals surface area contributed by atoms with E-state index < -0.39 is 0 Å². The second-order valence-electron chi connectivity index (χ2n) is 8.30. The van der Waals surface area contributed by atoms with E-state index in [1.807, 2.05) is 43.3 Å². The van der Waals surface area contributed by atoms with Gasteiger partial charge in [-0.3, -0.25) is 9.59 Å². The zero-order valence-corrected chi connectivity index (χ0v) is 17.0. The van der Waals surface area contributed by atoms with E-state index >= 15 is 0 Å².